The summed E-state index contributed by atoms with van der Waals surface area (Å²) in [5.74, 6) is -1.13. The van der Waals surface area contributed by atoms with Crippen LogP contribution in [0.25, 0.3) is 0 Å². The fraction of sp³-hybridized carbons (Fsp3) is 0.300. The molecule has 4 heteroatoms. The Balaban J connectivity index is 2.56. The molecule has 0 radical (unpaired) electrons. The molecule has 76 valence electrons. The molecular formula is C10H12FNO2. The lowest BCUT2D eigenvalue weighted by atomic mass is 10.3. The zero-order valence-corrected chi connectivity index (χ0v) is 7.90. The highest BCUT2D eigenvalue weighted by Gasteiger charge is 2.03. The number of benzene rings is 1. The number of rotatable bonds is 4. The summed E-state index contributed by atoms with van der Waals surface area (Å²) in [5.41, 5.74) is 0.813. The topological polar surface area (TPSA) is 40.5 Å². The van der Waals surface area contributed by atoms with Crippen molar-refractivity contribution >= 4 is 11.7 Å². The minimum Gasteiger partial charge on any atom is -0.481 e. The molecule has 0 saturated carbocycles. The van der Waals surface area contributed by atoms with Crippen LogP contribution in [0.3, 0.4) is 0 Å². The van der Waals surface area contributed by atoms with Crippen molar-refractivity contribution < 1.29 is 14.3 Å². The van der Waals surface area contributed by atoms with Crippen molar-refractivity contribution in [3.63, 3.8) is 0 Å². The molecule has 0 bridgehead atoms. The highest BCUT2D eigenvalue weighted by molar-refractivity contribution is 5.67. The summed E-state index contributed by atoms with van der Waals surface area (Å²) in [5, 5.41) is 8.47. The van der Waals surface area contributed by atoms with Crippen LogP contribution in [0.15, 0.2) is 24.3 Å². The third-order valence-electron chi connectivity index (χ3n) is 1.93. The Kier molecular flexibility index (Phi) is 3.45. The second-order valence-corrected chi connectivity index (χ2v) is 3.04. The molecule has 1 rings (SSSR count). The first-order valence-corrected chi connectivity index (χ1v) is 4.28. The molecule has 1 aromatic carbocycles. The maximum absolute atomic E-state index is 12.6. The molecule has 0 amide bonds. The van der Waals surface area contributed by atoms with Gasteiger partial charge in [-0.3, -0.25) is 4.79 Å². The Bertz CT molecular complexity index is 310. The van der Waals surface area contributed by atoms with E-state index in [1.54, 1.807) is 24.1 Å². The van der Waals surface area contributed by atoms with Crippen molar-refractivity contribution in [1.29, 1.82) is 0 Å². The molecule has 0 aliphatic rings. The molecule has 0 saturated heterocycles. The van der Waals surface area contributed by atoms with Gasteiger partial charge in [0.05, 0.1) is 6.42 Å². The van der Waals surface area contributed by atoms with Crippen LogP contribution in [0.1, 0.15) is 6.42 Å². The average Bonchev–Trinajstić information content (AvgIpc) is 2.15. The Morgan fingerprint density at radius 3 is 2.50 bits per heavy atom. The maximum Gasteiger partial charge on any atom is 0.305 e. The Hall–Kier alpha value is -1.58. The normalized spacial score (nSPS) is 9.86. The van der Waals surface area contributed by atoms with Crippen LogP contribution in [-0.4, -0.2) is 24.7 Å². The van der Waals surface area contributed by atoms with E-state index >= 15 is 0 Å². The van der Waals surface area contributed by atoms with Crippen molar-refractivity contribution in [2.45, 2.75) is 6.42 Å². The fourth-order valence-electron chi connectivity index (χ4n) is 1.09. The van der Waals surface area contributed by atoms with Gasteiger partial charge in [-0.1, -0.05) is 0 Å². The lowest BCUT2D eigenvalue weighted by Gasteiger charge is -2.17. The molecule has 14 heavy (non-hydrogen) atoms. The number of hydrogen-bond acceptors (Lipinski definition) is 2. The van der Waals surface area contributed by atoms with E-state index in [4.69, 9.17) is 5.11 Å². The predicted octanol–water partition coefficient (Wildman–Crippen LogP) is 1.74. The molecule has 0 aliphatic heterocycles. The fourth-order valence-corrected chi connectivity index (χ4v) is 1.09. The number of nitrogens with zero attached hydrogens (tertiary/aromatic N) is 1. The molecule has 0 heterocycles. The minimum atomic E-state index is -0.834. The third-order valence-corrected chi connectivity index (χ3v) is 1.93. The lowest BCUT2D eigenvalue weighted by Crippen LogP contribution is -2.20. The van der Waals surface area contributed by atoms with Gasteiger partial charge in [-0.05, 0) is 24.3 Å². The molecule has 0 aromatic heterocycles. The van der Waals surface area contributed by atoms with Crippen molar-refractivity contribution in [2.75, 3.05) is 18.5 Å². The average molecular weight is 197 g/mol. The second-order valence-electron chi connectivity index (χ2n) is 3.04. The minimum absolute atomic E-state index is 0.0773. The monoisotopic (exact) mass is 197 g/mol. The van der Waals surface area contributed by atoms with E-state index in [0.29, 0.717) is 6.54 Å². The SMILES string of the molecule is CN(CCC(=O)O)c1ccc(F)cc1. The predicted molar refractivity (Wildman–Crippen MR) is 51.9 cm³/mol. The molecule has 0 atom stereocenters. The summed E-state index contributed by atoms with van der Waals surface area (Å²) in [4.78, 5) is 12.1. The molecule has 3 nitrogen and oxygen atoms in total. The third kappa shape index (κ3) is 3.05. The highest BCUT2D eigenvalue weighted by Crippen LogP contribution is 2.12. The number of anilines is 1. The summed E-state index contributed by atoms with van der Waals surface area (Å²) in [6, 6.07) is 5.95. The smallest absolute Gasteiger partial charge is 0.305 e. The van der Waals surface area contributed by atoms with E-state index in [-0.39, 0.29) is 12.2 Å². The van der Waals surface area contributed by atoms with E-state index in [9.17, 15) is 9.18 Å². The molecular weight excluding hydrogens is 185 g/mol. The van der Waals surface area contributed by atoms with Gasteiger partial charge >= 0.3 is 5.97 Å². The van der Waals surface area contributed by atoms with Crippen LogP contribution < -0.4 is 4.90 Å². The molecule has 0 aliphatic carbocycles. The first-order valence-electron chi connectivity index (χ1n) is 4.28. The van der Waals surface area contributed by atoms with E-state index < -0.39 is 5.97 Å². The lowest BCUT2D eigenvalue weighted by molar-refractivity contribution is -0.136. The Morgan fingerprint density at radius 2 is 2.00 bits per heavy atom. The van der Waals surface area contributed by atoms with Crippen molar-refractivity contribution in [1.82, 2.24) is 0 Å². The van der Waals surface area contributed by atoms with E-state index in [0.717, 1.165) is 5.69 Å². The number of halogens is 1. The van der Waals surface area contributed by atoms with Crippen molar-refractivity contribution in [3.8, 4) is 0 Å². The molecule has 0 fully saturated rings. The van der Waals surface area contributed by atoms with Gasteiger partial charge in [-0.2, -0.15) is 0 Å². The summed E-state index contributed by atoms with van der Waals surface area (Å²) >= 11 is 0. The first-order chi connectivity index (χ1) is 6.59. The number of carbonyl (C=O) groups is 1. The van der Waals surface area contributed by atoms with Crippen molar-refractivity contribution in [2.24, 2.45) is 0 Å². The summed E-state index contributed by atoms with van der Waals surface area (Å²) < 4.78 is 12.6. The number of carboxylic acids is 1. The highest BCUT2D eigenvalue weighted by atomic mass is 19.1. The summed E-state index contributed by atoms with van der Waals surface area (Å²) in [6.07, 6.45) is 0.0773. The zero-order valence-electron chi connectivity index (χ0n) is 7.90. The van der Waals surface area contributed by atoms with Crippen LogP contribution in [-0.2, 0) is 4.79 Å². The summed E-state index contributed by atoms with van der Waals surface area (Å²) in [7, 11) is 1.77. The molecule has 1 N–H and O–H groups in total. The quantitative estimate of drug-likeness (QED) is 0.799. The van der Waals surface area contributed by atoms with Gasteiger partial charge in [-0.25, -0.2) is 4.39 Å². The van der Waals surface area contributed by atoms with Crippen LogP contribution in [0.5, 0.6) is 0 Å². The largest absolute Gasteiger partial charge is 0.481 e. The van der Waals surface area contributed by atoms with Gasteiger partial charge < -0.3 is 10.0 Å². The van der Waals surface area contributed by atoms with Gasteiger partial charge in [0.1, 0.15) is 5.82 Å². The number of carboxylic acid groups (broad SMARTS) is 1. The number of hydrogen-bond donors (Lipinski definition) is 1. The standard InChI is InChI=1S/C10H12FNO2/c1-12(7-6-10(13)14)9-4-2-8(11)3-5-9/h2-5H,6-7H2,1H3,(H,13,14). The molecule has 0 spiro atoms. The van der Waals surface area contributed by atoms with Crippen LogP contribution >= 0.6 is 0 Å². The van der Waals surface area contributed by atoms with E-state index in [1.165, 1.54) is 12.1 Å². The van der Waals surface area contributed by atoms with E-state index in [2.05, 4.69) is 0 Å². The summed E-state index contributed by atoms with van der Waals surface area (Å²) in [6.45, 7) is 0.418. The maximum atomic E-state index is 12.6. The zero-order chi connectivity index (χ0) is 10.6. The van der Waals surface area contributed by atoms with Crippen LogP contribution in [0.4, 0.5) is 10.1 Å². The van der Waals surface area contributed by atoms with Gasteiger partial charge in [0.2, 0.25) is 0 Å². The van der Waals surface area contributed by atoms with Crippen LogP contribution in [0.2, 0.25) is 0 Å². The Morgan fingerprint density at radius 1 is 1.43 bits per heavy atom. The Labute approximate surface area is 81.8 Å². The molecule has 1 aromatic rings. The van der Waals surface area contributed by atoms with Gasteiger partial charge in [0, 0.05) is 19.3 Å². The number of aliphatic carboxylic acids is 1. The molecule has 0 unspecified atom stereocenters. The van der Waals surface area contributed by atoms with Crippen molar-refractivity contribution in [3.05, 3.63) is 30.1 Å². The first kappa shape index (κ1) is 10.5. The second kappa shape index (κ2) is 4.60. The van der Waals surface area contributed by atoms with Gasteiger partial charge in [0.25, 0.3) is 0 Å². The van der Waals surface area contributed by atoms with Gasteiger partial charge in [-0.15, -0.1) is 0 Å². The van der Waals surface area contributed by atoms with E-state index in [1.807, 2.05) is 0 Å². The van der Waals surface area contributed by atoms with Gasteiger partial charge in [0.15, 0.2) is 0 Å². The van der Waals surface area contributed by atoms with Crippen LogP contribution in [0, 0.1) is 5.82 Å².